The molecule has 0 saturated carbocycles. The standard InChI is InChI=1S/C74H135NO18/c1-3-5-7-9-11-13-15-17-18-19-20-21-22-23-24-25-26-27-28-29-30-31-32-33-34-35-36-37-38-40-42-44-46-48-50-52-62(80)75-57(58(79)51-49-47-45-43-41-39-16-14-12-10-8-6-4-2)56-88-72-68(86)65(83)70(60(54-77)90-72)93-74-69(87)66(84)71(61(55-78)91-74)92-73-67(85)64(82)63(81)59(53-76)89-73/h15,17,19-20,41,43,49,51,57-61,63-74,76-79,81-87H,3-14,16,18,21-40,42,44-48,50,52-56H2,1-2H3,(H,75,80)/b17-15-,20-19-,43-41+,51-49+. The van der Waals surface area contributed by atoms with E-state index in [-0.39, 0.29) is 18.9 Å². The van der Waals surface area contributed by atoms with E-state index in [0.29, 0.717) is 12.8 Å². The Bertz CT molecular complexity index is 1870. The van der Waals surface area contributed by atoms with Crippen LogP contribution in [0.15, 0.2) is 48.6 Å². The van der Waals surface area contributed by atoms with Crippen molar-refractivity contribution < 1.29 is 89.4 Å². The summed E-state index contributed by atoms with van der Waals surface area (Å²) in [5.74, 6) is -0.283. The summed E-state index contributed by atoms with van der Waals surface area (Å²) in [6, 6.07) is -0.988. The van der Waals surface area contributed by atoms with Gasteiger partial charge in [-0.05, 0) is 64.2 Å². The molecule has 3 heterocycles. The van der Waals surface area contributed by atoms with Crippen molar-refractivity contribution in [3.63, 3.8) is 0 Å². The quantitative estimate of drug-likeness (QED) is 0.0199. The molecule has 3 aliphatic rings. The number of amides is 1. The van der Waals surface area contributed by atoms with Crippen molar-refractivity contribution in [2.24, 2.45) is 0 Å². The molecule has 12 N–H and O–H groups in total. The van der Waals surface area contributed by atoms with Gasteiger partial charge in [-0.3, -0.25) is 4.79 Å². The van der Waals surface area contributed by atoms with E-state index in [4.69, 9.17) is 28.4 Å². The van der Waals surface area contributed by atoms with Gasteiger partial charge in [-0.1, -0.05) is 262 Å². The molecule has 1 amide bonds. The minimum Gasteiger partial charge on any atom is -0.394 e. The molecule has 3 aliphatic heterocycles. The first kappa shape index (κ1) is 85.0. The summed E-state index contributed by atoms with van der Waals surface area (Å²) >= 11 is 0. The van der Waals surface area contributed by atoms with E-state index >= 15 is 0 Å². The highest BCUT2D eigenvalue weighted by molar-refractivity contribution is 5.76. The topological polar surface area (TPSA) is 307 Å². The number of unbranched alkanes of at least 4 members (excludes halogenated alkanes) is 36. The number of hydrogen-bond acceptors (Lipinski definition) is 18. The van der Waals surface area contributed by atoms with Crippen molar-refractivity contribution in [1.29, 1.82) is 0 Å². The highest BCUT2D eigenvalue weighted by Crippen LogP contribution is 2.33. The Hall–Kier alpha value is -2.25. The average molecular weight is 1330 g/mol. The molecule has 3 rings (SSSR count). The molecule has 0 bridgehead atoms. The number of ether oxygens (including phenoxy) is 6. The molecule has 93 heavy (non-hydrogen) atoms. The number of carbonyl (C=O) groups is 1. The summed E-state index contributed by atoms with van der Waals surface area (Å²) < 4.78 is 34.3. The Morgan fingerprint density at radius 3 is 1.14 bits per heavy atom. The van der Waals surface area contributed by atoms with E-state index in [1.54, 1.807) is 6.08 Å². The van der Waals surface area contributed by atoms with Crippen LogP contribution < -0.4 is 5.32 Å². The van der Waals surface area contributed by atoms with Crippen molar-refractivity contribution in [2.45, 2.75) is 388 Å². The van der Waals surface area contributed by atoms with Crippen LogP contribution in [0.5, 0.6) is 0 Å². The monoisotopic (exact) mass is 1330 g/mol. The molecule has 3 fully saturated rings. The maximum Gasteiger partial charge on any atom is 0.220 e. The molecule has 19 nitrogen and oxygen atoms in total. The van der Waals surface area contributed by atoms with E-state index in [2.05, 4.69) is 55.6 Å². The predicted octanol–water partition coefficient (Wildman–Crippen LogP) is 10.9. The number of aliphatic hydroxyl groups is 11. The zero-order valence-electron chi connectivity index (χ0n) is 57.7. The van der Waals surface area contributed by atoms with Gasteiger partial charge in [0.05, 0.1) is 38.6 Å². The van der Waals surface area contributed by atoms with Gasteiger partial charge < -0.3 is 89.9 Å². The van der Waals surface area contributed by atoms with Gasteiger partial charge in [0.15, 0.2) is 18.9 Å². The van der Waals surface area contributed by atoms with Crippen LogP contribution in [0.2, 0.25) is 0 Å². The van der Waals surface area contributed by atoms with E-state index in [9.17, 15) is 61.0 Å². The number of rotatable bonds is 58. The fourth-order valence-electron chi connectivity index (χ4n) is 12.5. The van der Waals surface area contributed by atoms with Crippen LogP contribution in [0.1, 0.15) is 284 Å². The van der Waals surface area contributed by atoms with Gasteiger partial charge in [-0.25, -0.2) is 0 Å². The fourth-order valence-corrected chi connectivity index (χ4v) is 12.5. The molecule has 0 radical (unpaired) electrons. The Balaban J connectivity index is 1.32. The van der Waals surface area contributed by atoms with E-state index in [1.807, 2.05) is 6.08 Å². The van der Waals surface area contributed by atoms with Gasteiger partial charge in [-0.2, -0.15) is 0 Å². The molecule has 0 aromatic carbocycles. The number of aliphatic hydroxyl groups excluding tert-OH is 11. The average Bonchev–Trinajstić information content (AvgIpc) is 0.842. The van der Waals surface area contributed by atoms with Gasteiger partial charge in [0.25, 0.3) is 0 Å². The normalized spacial score (nSPS) is 27.8. The molecule has 0 spiro atoms. The summed E-state index contributed by atoms with van der Waals surface area (Å²) in [5, 5.41) is 120. The third-order valence-corrected chi connectivity index (χ3v) is 18.6. The lowest BCUT2D eigenvalue weighted by atomic mass is 9.96. The lowest BCUT2D eigenvalue weighted by Crippen LogP contribution is -2.66. The molecule has 0 aliphatic carbocycles. The number of allylic oxidation sites excluding steroid dienone is 7. The van der Waals surface area contributed by atoms with Crippen molar-refractivity contribution in [3.05, 3.63) is 48.6 Å². The van der Waals surface area contributed by atoms with Crippen LogP contribution in [0.3, 0.4) is 0 Å². The second kappa shape index (κ2) is 55.6. The van der Waals surface area contributed by atoms with E-state index in [0.717, 1.165) is 44.9 Å². The van der Waals surface area contributed by atoms with Gasteiger partial charge in [0.2, 0.25) is 5.91 Å². The van der Waals surface area contributed by atoms with Gasteiger partial charge >= 0.3 is 0 Å². The second-order valence-electron chi connectivity index (χ2n) is 26.7. The lowest BCUT2D eigenvalue weighted by molar-refractivity contribution is -0.379. The highest BCUT2D eigenvalue weighted by atomic mass is 16.8. The smallest absolute Gasteiger partial charge is 0.220 e. The van der Waals surface area contributed by atoms with Crippen LogP contribution in [0.25, 0.3) is 0 Å². The van der Waals surface area contributed by atoms with Gasteiger partial charge in [0, 0.05) is 6.42 Å². The summed E-state index contributed by atoms with van der Waals surface area (Å²) in [6.07, 6.45) is 41.3. The Morgan fingerprint density at radius 1 is 0.387 bits per heavy atom. The second-order valence-corrected chi connectivity index (χ2v) is 26.7. The van der Waals surface area contributed by atoms with Gasteiger partial charge in [-0.15, -0.1) is 0 Å². The third-order valence-electron chi connectivity index (χ3n) is 18.6. The summed E-state index contributed by atoms with van der Waals surface area (Å²) in [5.41, 5.74) is 0. The van der Waals surface area contributed by atoms with Crippen molar-refractivity contribution in [1.82, 2.24) is 5.32 Å². The van der Waals surface area contributed by atoms with Crippen molar-refractivity contribution >= 4 is 5.91 Å². The first-order valence-electron chi connectivity index (χ1n) is 37.4. The minimum atomic E-state index is -1.98. The largest absolute Gasteiger partial charge is 0.394 e. The molecular weight excluding hydrogens is 1190 g/mol. The Kier molecular flexibility index (Phi) is 50.8. The summed E-state index contributed by atoms with van der Waals surface area (Å²) in [6.45, 7) is 1.70. The zero-order chi connectivity index (χ0) is 67.5. The zero-order valence-corrected chi connectivity index (χ0v) is 57.7. The lowest BCUT2D eigenvalue weighted by Gasteiger charge is -2.48. The molecule has 17 atom stereocenters. The summed E-state index contributed by atoms with van der Waals surface area (Å²) in [4.78, 5) is 13.4. The molecule has 19 heteroatoms. The van der Waals surface area contributed by atoms with Crippen LogP contribution >= 0.6 is 0 Å². The number of hydrogen-bond donors (Lipinski definition) is 12. The van der Waals surface area contributed by atoms with Crippen LogP contribution in [0, 0.1) is 0 Å². The molecule has 3 saturated heterocycles. The third kappa shape index (κ3) is 37.0. The Morgan fingerprint density at radius 2 is 0.720 bits per heavy atom. The first-order chi connectivity index (χ1) is 45.3. The van der Waals surface area contributed by atoms with Crippen LogP contribution in [0.4, 0.5) is 0 Å². The van der Waals surface area contributed by atoms with Gasteiger partial charge in [0.1, 0.15) is 73.2 Å². The molecule has 17 unspecified atom stereocenters. The maximum atomic E-state index is 13.4. The molecule has 0 aromatic rings. The molecule has 544 valence electrons. The van der Waals surface area contributed by atoms with E-state index in [1.165, 1.54) is 205 Å². The van der Waals surface area contributed by atoms with Crippen LogP contribution in [-0.2, 0) is 33.2 Å². The maximum absolute atomic E-state index is 13.4. The van der Waals surface area contributed by atoms with Crippen LogP contribution in [-0.4, -0.2) is 193 Å². The molecular formula is C74H135NO18. The number of carbonyl (C=O) groups excluding carboxylic acids is 1. The Labute approximate surface area is 561 Å². The fraction of sp³-hybridized carbons (Fsp3) is 0.878. The molecule has 0 aromatic heterocycles. The van der Waals surface area contributed by atoms with E-state index < -0.39 is 124 Å². The highest BCUT2D eigenvalue weighted by Gasteiger charge is 2.53. The first-order valence-corrected chi connectivity index (χ1v) is 37.4. The summed E-state index contributed by atoms with van der Waals surface area (Å²) in [7, 11) is 0. The van der Waals surface area contributed by atoms with Crippen molar-refractivity contribution in [3.8, 4) is 0 Å². The minimum absolute atomic E-state index is 0.238. The predicted molar refractivity (Wildman–Crippen MR) is 365 cm³/mol. The SMILES string of the molecule is CCCCCCC/C=C\C/C=C\CCCCCCCCCCCCCCCCCCCCCCCCCC(=O)NC(COC1OC(CO)C(OC2OC(CO)C(OC3OC(CO)C(O)C(O)C3O)C(O)C2O)C(O)C1O)C(O)/C=C/CC/C=C/CCCCCCCCC. The van der Waals surface area contributed by atoms with Crippen molar-refractivity contribution in [2.75, 3.05) is 26.4 Å². The number of nitrogens with one attached hydrogen (secondary N) is 1.